The van der Waals surface area contributed by atoms with E-state index in [-0.39, 0.29) is 0 Å². The summed E-state index contributed by atoms with van der Waals surface area (Å²) in [6.45, 7) is 1.98. The van der Waals surface area contributed by atoms with E-state index in [9.17, 15) is 4.79 Å². The van der Waals surface area contributed by atoms with Crippen molar-refractivity contribution in [2.45, 2.75) is 6.92 Å². The molecule has 0 bridgehead atoms. The second-order valence-electron chi connectivity index (χ2n) is 3.60. The van der Waals surface area contributed by atoms with Crippen LogP contribution in [-0.2, 0) is 0 Å². The van der Waals surface area contributed by atoms with Crippen molar-refractivity contribution in [1.29, 1.82) is 0 Å². The van der Waals surface area contributed by atoms with Crippen LogP contribution in [-0.4, -0.2) is 10.5 Å². The molecule has 4 heteroatoms. The van der Waals surface area contributed by atoms with E-state index in [1.807, 2.05) is 29.7 Å². The highest BCUT2D eigenvalue weighted by Gasteiger charge is 2.06. The highest BCUT2D eigenvalue weighted by molar-refractivity contribution is 6.30. The number of amides is 1. The first-order chi connectivity index (χ1) is 7.58. The lowest BCUT2D eigenvalue weighted by molar-refractivity contribution is 0.100. The molecule has 1 heterocycles. The first-order valence-corrected chi connectivity index (χ1v) is 5.20. The number of aryl methyl sites for hydroxylation is 1. The minimum Gasteiger partial charge on any atom is -0.366 e. The number of carbonyl (C=O) groups excluding carboxylic acids is 1. The first kappa shape index (κ1) is 10.8. The molecule has 0 unspecified atom stereocenters. The molecule has 1 aromatic heterocycles. The van der Waals surface area contributed by atoms with Crippen molar-refractivity contribution in [1.82, 2.24) is 4.57 Å². The van der Waals surface area contributed by atoms with Gasteiger partial charge in [-0.25, -0.2) is 0 Å². The highest BCUT2D eigenvalue weighted by atomic mass is 35.5. The van der Waals surface area contributed by atoms with Crippen LogP contribution >= 0.6 is 11.6 Å². The van der Waals surface area contributed by atoms with E-state index in [0.29, 0.717) is 10.6 Å². The zero-order valence-corrected chi connectivity index (χ0v) is 9.53. The summed E-state index contributed by atoms with van der Waals surface area (Å²) in [7, 11) is 0. The fraction of sp³-hybridized carbons (Fsp3) is 0.0833. The number of benzene rings is 1. The topological polar surface area (TPSA) is 48.0 Å². The molecule has 0 aliphatic heterocycles. The molecule has 0 saturated carbocycles. The Morgan fingerprint density at radius 1 is 1.38 bits per heavy atom. The lowest BCUT2D eigenvalue weighted by atomic mass is 10.2. The van der Waals surface area contributed by atoms with Crippen LogP contribution < -0.4 is 5.73 Å². The lowest BCUT2D eigenvalue weighted by Crippen LogP contribution is -2.09. The van der Waals surface area contributed by atoms with E-state index in [2.05, 4.69) is 0 Å². The molecule has 0 spiro atoms. The molecule has 2 aromatic rings. The van der Waals surface area contributed by atoms with Gasteiger partial charge in [0.15, 0.2) is 0 Å². The van der Waals surface area contributed by atoms with E-state index in [1.54, 1.807) is 18.5 Å². The number of halogens is 1. The van der Waals surface area contributed by atoms with Gasteiger partial charge in [-0.15, -0.1) is 0 Å². The second kappa shape index (κ2) is 4.02. The zero-order chi connectivity index (χ0) is 11.7. The van der Waals surface area contributed by atoms with Crippen molar-refractivity contribution in [2.24, 2.45) is 5.73 Å². The molecule has 82 valence electrons. The van der Waals surface area contributed by atoms with E-state index in [4.69, 9.17) is 17.3 Å². The van der Waals surface area contributed by atoms with Crippen molar-refractivity contribution < 1.29 is 4.79 Å². The average Bonchev–Trinajstić information content (AvgIpc) is 2.70. The number of nitrogens with zero attached hydrogens (tertiary/aromatic N) is 1. The van der Waals surface area contributed by atoms with Crippen molar-refractivity contribution >= 4 is 17.5 Å². The fourth-order valence-corrected chi connectivity index (χ4v) is 1.72. The van der Waals surface area contributed by atoms with Gasteiger partial charge in [-0.3, -0.25) is 4.79 Å². The van der Waals surface area contributed by atoms with Crippen LogP contribution in [0.4, 0.5) is 0 Å². The Kier molecular flexibility index (Phi) is 2.71. The van der Waals surface area contributed by atoms with Gasteiger partial charge < -0.3 is 10.3 Å². The van der Waals surface area contributed by atoms with Gasteiger partial charge in [0.1, 0.15) is 0 Å². The molecule has 16 heavy (non-hydrogen) atoms. The van der Waals surface area contributed by atoms with Gasteiger partial charge in [-0.2, -0.15) is 0 Å². The van der Waals surface area contributed by atoms with Crippen LogP contribution in [0.25, 0.3) is 5.69 Å². The minimum atomic E-state index is -0.432. The maximum absolute atomic E-state index is 11.0. The third-order valence-electron chi connectivity index (χ3n) is 2.43. The largest absolute Gasteiger partial charge is 0.366 e. The van der Waals surface area contributed by atoms with Crippen molar-refractivity contribution in [3.63, 3.8) is 0 Å². The Labute approximate surface area is 98.4 Å². The first-order valence-electron chi connectivity index (χ1n) is 4.82. The van der Waals surface area contributed by atoms with Crippen LogP contribution in [0.15, 0.2) is 36.7 Å². The van der Waals surface area contributed by atoms with E-state index < -0.39 is 5.91 Å². The van der Waals surface area contributed by atoms with E-state index in [1.165, 1.54) is 0 Å². The van der Waals surface area contributed by atoms with Crippen LogP contribution in [0.1, 0.15) is 15.9 Å². The summed E-state index contributed by atoms with van der Waals surface area (Å²) in [6, 6.07) is 7.30. The van der Waals surface area contributed by atoms with Crippen LogP contribution in [0.5, 0.6) is 0 Å². The Hall–Kier alpha value is -1.74. The molecule has 0 saturated heterocycles. The number of primary amides is 1. The van der Waals surface area contributed by atoms with Gasteiger partial charge >= 0.3 is 0 Å². The molecular weight excluding hydrogens is 224 g/mol. The summed E-state index contributed by atoms with van der Waals surface area (Å²) in [4.78, 5) is 11.0. The van der Waals surface area contributed by atoms with Gasteiger partial charge in [0, 0.05) is 23.1 Å². The Morgan fingerprint density at radius 3 is 2.75 bits per heavy atom. The third-order valence-corrected chi connectivity index (χ3v) is 2.66. The SMILES string of the molecule is Cc1ccc(Cl)cc1-n1ccc(C(N)=O)c1. The second-order valence-corrected chi connectivity index (χ2v) is 4.04. The quantitative estimate of drug-likeness (QED) is 0.853. The molecule has 3 nitrogen and oxygen atoms in total. The van der Waals surface area contributed by atoms with Crippen molar-refractivity contribution in [2.75, 3.05) is 0 Å². The van der Waals surface area contributed by atoms with E-state index >= 15 is 0 Å². The predicted octanol–water partition coefficient (Wildman–Crippen LogP) is 2.54. The summed E-state index contributed by atoms with van der Waals surface area (Å²) in [6.07, 6.45) is 3.49. The monoisotopic (exact) mass is 234 g/mol. The van der Waals surface area contributed by atoms with Crippen LogP contribution in [0, 0.1) is 6.92 Å². The average molecular weight is 235 g/mol. The van der Waals surface area contributed by atoms with Crippen molar-refractivity contribution in [3.8, 4) is 5.69 Å². The Bertz CT molecular complexity index is 546. The maximum atomic E-state index is 11.0. The number of aromatic nitrogens is 1. The van der Waals surface area contributed by atoms with Crippen LogP contribution in [0.2, 0.25) is 5.02 Å². The summed E-state index contributed by atoms with van der Waals surface area (Å²) >= 11 is 5.93. The maximum Gasteiger partial charge on any atom is 0.250 e. The van der Waals surface area contributed by atoms with Gasteiger partial charge in [0.25, 0.3) is 0 Å². The predicted molar refractivity (Wildman–Crippen MR) is 64.0 cm³/mol. The molecular formula is C12H11ClN2O. The van der Waals surface area contributed by atoms with Crippen molar-refractivity contribution in [3.05, 3.63) is 52.8 Å². The number of hydrogen-bond acceptors (Lipinski definition) is 1. The number of rotatable bonds is 2. The molecule has 0 aliphatic rings. The standard InChI is InChI=1S/C12H11ClN2O/c1-8-2-3-10(13)6-11(8)15-5-4-9(7-15)12(14)16/h2-7H,1H3,(H2,14,16). The smallest absolute Gasteiger partial charge is 0.250 e. The van der Waals surface area contributed by atoms with E-state index in [0.717, 1.165) is 11.3 Å². The fourth-order valence-electron chi connectivity index (χ4n) is 1.55. The summed E-state index contributed by atoms with van der Waals surface area (Å²) < 4.78 is 1.83. The molecule has 1 amide bonds. The number of hydrogen-bond donors (Lipinski definition) is 1. The Balaban J connectivity index is 2.50. The van der Waals surface area contributed by atoms with Gasteiger partial charge in [0.05, 0.1) is 5.56 Å². The third kappa shape index (κ3) is 1.95. The highest BCUT2D eigenvalue weighted by Crippen LogP contribution is 2.20. The Morgan fingerprint density at radius 2 is 2.12 bits per heavy atom. The normalized spacial score (nSPS) is 10.4. The minimum absolute atomic E-state index is 0.432. The van der Waals surface area contributed by atoms with Crippen LogP contribution in [0.3, 0.4) is 0 Å². The zero-order valence-electron chi connectivity index (χ0n) is 8.77. The number of nitrogens with two attached hydrogens (primary N) is 1. The lowest BCUT2D eigenvalue weighted by Gasteiger charge is -2.07. The molecule has 1 aromatic carbocycles. The molecule has 2 N–H and O–H groups in total. The molecule has 2 rings (SSSR count). The number of carbonyl (C=O) groups is 1. The molecule has 0 fully saturated rings. The van der Waals surface area contributed by atoms with Gasteiger partial charge in [-0.1, -0.05) is 17.7 Å². The summed E-state index contributed by atoms with van der Waals surface area (Å²) in [5.74, 6) is -0.432. The summed E-state index contributed by atoms with van der Waals surface area (Å²) in [5, 5.41) is 0.662. The molecule has 0 atom stereocenters. The molecule has 0 radical (unpaired) electrons. The van der Waals surface area contributed by atoms with Gasteiger partial charge in [0.2, 0.25) is 5.91 Å². The molecule has 0 aliphatic carbocycles. The van der Waals surface area contributed by atoms with Gasteiger partial charge in [-0.05, 0) is 30.7 Å². The summed E-state index contributed by atoms with van der Waals surface area (Å²) in [5.41, 5.74) is 7.70.